The molecular weight excluding hydrogens is 250 g/mol. The number of benzene rings is 2. The first-order valence-electron chi connectivity index (χ1n) is 6.61. The van der Waals surface area contributed by atoms with Crippen LogP contribution in [0.15, 0.2) is 53.1 Å². The van der Waals surface area contributed by atoms with Crippen molar-refractivity contribution in [3.8, 4) is 28.1 Å². The van der Waals surface area contributed by atoms with Gasteiger partial charge in [-0.15, -0.1) is 0 Å². The van der Waals surface area contributed by atoms with E-state index in [1.165, 1.54) is 5.56 Å². The molecule has 0 atom stereocenters. The zero-order valence-electron chi connectivity index (χ0n) is 11.1. The average Bonchev–Trinajstić information content (AvgIpc) is 2.92. The number of hydrogen-bond donors (Lipinski definition) is 0. The fourth-order valence-corrected chi connectivity index (χ4v) is 2.55. The summed E-state index contributed by atoms with van der Waals surface area (Å²) in [7, 11) is 0. The number of aryl methyl sites for hydroxylation is 1. The van der Waals surface area contributed by atoms with Crippen LogP contribution in [-0.4, -0.2) is 5.16 Å². The minimum Gasteiger partial charge on any atom is -0.485 e. The Morgan fingerprint density at radius 3 is 2.65 bits per heavy atom. The van der Waals surface area contributed by atoms with Crippen molar-refractivity contribution in [2.24, 2.45) is 0 Å². The van der Waals surface area contributed by atoms with Gasteiger partial charge in [0.25, 0.3) is 0 Å². The van der Waals surface area contributed by atoms with Crippen LogP contribution >= 0.6 is 0 Å². The van der Waals surface area contributed by atoms with Crippen LogP contribution in [0.3, 0.4) is 0 Å². The van der Waals surface area contributed by atoms with Crippen molar-refractivity contribution in [3.63, 3.8) is 0 Å². The van der Waals surface area contributed by atoms with Crippen LogP contribution in [0.4, 0.5) is 0 Å². The molecule has 0 unspecified atom stereocenters. The average molecular weight is 263 g/mol. The van der Waals surface area contributed by atoms with Gasteiger partial charge in [-0.2, -0.15) is 0 Å². The van der Waals surface area contributed by atoms with E-state index in [2.05, 4.69) is 36.3 Å². The standard InChI is InChI=1S/C17H13NO2/c1-11-6-8-12(9-7-11)17-16-13-4-2-3-5-14(13)19-10-15(16)20-18-17/h2-9H,10H2,1H3. The molecule has 0 fully saturated rings. The van der Waals surface area contributed by atoms with Gasteiger partial charge < -0.3 is 9.26 Å². The van der Waals surface area contributed by atoms with E-state index in [0.717, 1.165) is 33.9 Å². The van der Waals surface area contributed by atoms with Gasteiger partial charge in [-0.25, -0.2) is 0 Å². The van der Waals surface area contributed by atoms with Crippen LogP contribution < -0.4 is 4.74 Å². The van der Waals surface area contributed by atoms with E-state index in [1.807, 2.05) is 24.3 Å². The molecule has 3 nitrogen and oxygen atoms in total. The number of rotatable bonds is 1. The summed E-state index contributed by atoms with van der Waals surface area (Å²) in [5, 5.41) is 4.24. The summed E-state index contributed by atoms with van der Waals surface area (Å²) >= 11 is 0. The maximum absolute atomic E-state index is 5.68. The Hall–Kier alpha value is -2.55. The van der Waals surface area contributed by atoms with Crippen molar-refractivity contribution in [1.82, 2.24) is 5.16 Å². The van der Waals surface area contributed by atoms with Crippen molar-refractivity contribution in [2.45, 2.75) is 13.5 Å². The van der Waals surface area contributed by atoms with Gasteiger partial charge in [-0.3, -0.25) is 0 Å². The summed E-state index contributed by atoms with van der Waals surface area (Å²) in [5.41, 5.74) is 5.28. The monoisotopic (exact) mass is 263 g/mol. The third-order valence-corrected chi connectivity index (χ3v) is 3.60. The summed E-state index contributed by atoms with van der Waals surface area (Å²) < 4.78 is 11.1. The molecule has 0 N–H and O–H groups in total. The van der Waals surface area contributed by atoms with Gasteiger partial charge in [0.1, 0.15) is 18.1 Å². The van der Waals surface area contributed by atoms with Crippen molar-refractivity contribution in [1.29, 1.82) is 0 Å². The number of nitrogens with zero attached hydrogens (tertiary/aromatic N) is 1. The third-order valence-electron chi connectivity index (χ3n) is 3.60. The molecule has 0 radical (unpaired) electrons. The highest BCUT2D eigenvalue weighted by Crippen LogP contribution is 2.42. The molecule has 1 aliphatic rings. The summed E-state index contributed by atoms with van der Waals surface area (Å²) in [5.74, 6) is 1.68. The molecule has 0 spiro atoms. The van der Waals surface area contributed by atoms with Crippen molar-refractivity contribution >= 4 is 0 Å². The second-order valence-corrected chi connectivity index (χ2v) is 4.98. The molecule has 1 aromatic heterocycles. The summed E-state index contributed by atoms with van der Waals surface area (Å²) in [6.07, 6.45) is 0. The highest BCUT2D eigenvalue weighted by Gasteiger charge is 2.25. The minimum absolute atomic E-state index is 0.436. The largest absolute Gasteiger partial charge is 0.485 e. The van der Waals surface area contributed by atoms with E-state index >= 15 is 0 Å². The SMILES string of the molecule is Cc1ccc(-c2noc3c2-c2ccccc2OC3)cc1. The Morgan fingerprint density at radius 2 is 1.80 bits per heavy atom. The second-order valence-electron chi connectivity index (χ2n) is 4.98. The lowest BCUT2D eigenvalue weighted by Gasteiger charge is -2.16. The zero-order valence-corrected chi connectivity index (χ0v) is 11.1. The number of ether oxygens (including phenoxy) is 1. The molecular formula is C17H13NO2. The van der Waals surface area contributed by atoms with Crippen molar-refractivity contribution in [2.75, 3.05) is 0 Å². The van der Waals surface area contributed by atoms with Gasteiger partial charge in [0, 0.05) is 11.1 Å². The lowest BCUT2D eigenvalue weighted by Crippen LogP contribution is -2.03. The highest BCUT2D eigenvalue weighted by molar-refractivity contribution is 5.85. The summed E-state index contributed by atoms with van der Waals surface area (Å²) in [6.45, 7) is 2.51. The van der Waals surface area contributed by atoms with Gasteiger partial charge >= 0.3 is 0 Å². The van der Waals surface area contributed by atoms with Gasteiger partial charge in [-0.1, -0.05) is 53.2 Å². The normalized spacial score (nSPS) is 12.4. The van der Waals surface area contributed by atoms with E-state index in [0.29, 0.717) is 6.61 Å². The number of hydrogen-bond acceptors (Lipinski definition) is 3. The second kappa shape index (κ2) is 4.23. The molecule has 0 amide bonds. The van der Waals surface area contributed by atoms with E-state index in [1.54, 1.807) is 0 Å². The Labute approximate surface area is 116 Å². The lowest BCUT2D eigenvalue weighted by atomic mass is 9.97. The third kappa shape index (κ3) is 1.63. The van der Waals surface area contributed by atoms with Gasteiger partial charge in [0.05, 0.1) is 5.56 Å². The molecule has 98 valence electrons. The fraction of sp³-hybridized carbons (Fsp3) is 0.118. The molecule has 0 saturated carbocycles. The molecule has 3 aromatic rings. The highest BCUT2D eigenvalue weighted by atomic mass is 16.5. The molecule has 0 saturated heterocycles. The van der Waals surface area contributed by atoms with E-state index in [-0.39, 0.29) is 0 Å². The predicted molar refractivity (Wildman–Crippen MR) is 76.4 cm³/mol. The Bertz CT molecular complexity index is 772. The van der Waals surface area contributed by atoms with Gasteiger partial charge in [-0.05, 0) is 13.0 Å². The maximum Gasteiger partial charge on any atom is 0.182 e. The van der Waals surface area contributed by atoms with Crippen molar-refractivity contribution in [3.05, 3.63) is 59.9 Å². The summed E-state index contributed by atoms with van der Waals surface area (Å²) in [6, 6.07) is 16.3. The van der Waals surface area contributed by atoms with Gasteiger partial charge in [0.2, 0.25) is 0 Å². The first kappa shape index (κ1) is 11.3. The zero-order chi connectivity index (χ0) is 13.5. The molecule has 2 heterocycles. The number of fused-ring (bicyclic) bond motifs is 3. The van der Waals surface area contributed by atoms with Crippen LogP contribution in [0.5, 0.6) is 5.75 Å². The van der Waals surface area contributed by atoms with Crippen LogP contribution in [0, 0.1) is 6.92 Å². The fourth-order valence-electron chi connectivity index (χ4n) is 2.55. The van der Waals surface area contributed by atoms with E-state index < -0.39 is 0 Å². The van der Waals surface area contributed by atoms with Crippen LogP contribution in [0.2, 0.25) is 0 Å². The lowest BCUT2D eigenvalue weighted by molar-refractivity contribution is 0.246. The topological polar surface area (TPSA) is 35.3 Å². The Morgan fingerprint density at radius 1 is 1.00 bits per heavy atom. The van der Waals surface area contributed by atoms with Crippen LogP contribution in [-0.2, 0) is 6.61 Å². The molecule has 1 aliphatic heterocycles. The van der Waals surface area contributed by atoms with Gasteiger partial charge in [0.15, 0.2) is 5.76 Å². The molecule has 0 aliphatic carbocycles. The molecule has 2 aromatic carbocycles. The van der Waals surface area contributed by atoms with E-state index in [9.17, 15) is 0 Å². The van der Waals surface area contributed by atoms with Crippen molar-refractivity contribution < 1.29 is 9.26 Å². The number of para-hydroxylation sites is 1. The molecule has 3 heteroatoms. The smallest absolute Gasteiger partial charge is 0.182 e. The molecule has 20 heavy (non-hydrogen) atoms. The minimum atomic E-state index is 0.436. The summed E-state index contributed by atoms with van der Waals surface area (Å²) in [4.78, 5) is 0. The predicted octanol–water partition coefficient (Wildman–Crippen LogP) is 4.21. The number of aromatic nitrogens is 1. The molecule has 0 bridgehead atoms. The quantitative estimate of drug-likeness (QED) is 0.659. The van der Waals surface area contributed by atoms with Crippen LogP contribution in [0.25, 0.3) is 22.4 Å². The van der Waals surface area contributed by atoms with E-state index in [4.69, 9.17) is 9.26 Å². The van der Waals surface area contributed by atoms with Crippen LogP contribution in [0.1, 0.15) is 11.3 Å². The Kier molecular flexibility index (Phi) is 2.39. The first-order valence-corrected chi connectivity index (χ1v) is 6.61. The molecule has 4 rings (SSSR count). The Balaban J connectivity index is 1.93. The maximum atomic E-state index is 5.68. The first-order chi connectivity index (χ1) is 9.83.